The first-order chi connectivity index (χ1) is 17.6. The molecule has 37 heavy (non-hydrogen) atoms. The van der Waals surface area contributed by atoms with E-state index in [4.69, 9.17) is 21.7 Å². The Morgan fingerprint density at radius 1 is 0.946 bits per heavy atom. The number of fused-ring (bicyclic) bond motifs is 1. The third-order valence-electron chi connectivity index (χ3n) is 5.60. The van der Waals surface area contributed by atoms with Crippen molar-refractivity contribution in [2.45, 2.75) is 37.9 Å². The number of nitroso groups, excluding NO2 is 1. The van der Waals surface area contributed by atoms with Gasteiger partial charge < -0.3 is 9.47 Å². The molecule has 0 radical (unpaired) electrons. The standard InChI is InChI=1S/C27H23NO5S4/c1-16(26(30)33-21-9-6-17(7-10-21)23-14-25(34)36-35-23)18-4-5-20-13-22(11-8-19(20)12-18)32-24(29)15-27(2,3)37-28-31/h4-14,16H,15H2,1-3H3. The van der Waals surface area contributed by atoms with Crippen LogP contribution in [0.4, 0.5) is 0 Å². The molecule has 0 saturated heterocycles. The molecule has 4 rings (SSSR count). The number of hydrogen-bond acceptors (Lipinski definition) is 10. The fourth-order valence-electron chi connectivity index (χ4n) is 3.62. The minimum Gasteiger partial charge on any atom is -0.426 e. The number of ether oxygens (including phenoxy) is 2. The summed E-state index contributed by atoms with van der Waals surface area (Å²) in [4.78, 5) is 36.7. The Balaban J connectivity index is 1.41. The summed E-state index contributed by atoms with van der Waals surface area (Å²) < 4.78 is 14.1. The molecule has 6 nitrogen and oxygen atoms in total. The second-order valence-electron chi connectivity index (χ2n) is 9.01. The van der Waals surface area contributed by atoms with Crippen LogP contribution in [0, 0.1) is 8.73 Å². The van der Waals surface area contributed by atoms with E-state index in [0.717, 1.165) is 42.5 Å². The third kappa shape index (κ3) is 7.10. The van der Waals surface area contributed by atoms with Gasteiger partial charge in [0, 0.05) is 26.2 Å². The highest BCUT2D eigenvalue weighted by Gasteiger charge is 2.25. The van der Waals surface area contributed by atoms with Crippen molar-refractivity contribution in [1.29, 1.82) is 0 Å². The van der Waals surface area contributed by atoms with Gasteiger partial charge in [0.25, 0.3) is 0 Å². The largest absolute Gasteiger partial charge is 0.426 e. The van der Waals surface area contributed by atoms with Crippen molar-refractivity contribution < 1.29 is 19.1 Å². The predicted octanol–water partition coefficient (Wildman–Crippen LogP) is 8.56. The third-order valence-corrected chi connectivity index (χ3v) is 9.22. The van der Waals surface area contributed by atoms with Crippen LogP contribution in [0.15, 0.2) is 71.3 Å². The first kappa shape index (κ1) is 27.1. The van der Waals surface area contributed by atoms with Gasteiger partial charge >= 0.3 is 11.9 Å². The molecule has 4 aromatic rings. The minimum absolute atomic E-state index is 0.0483. The highest BCUT2D eigenvalue weighted by molar-refractivity contribution is 7.99. The quantitative estimate of drug-likeness (QED) is 0.0499. The molecular formula is C27H23NO5S4. The van der Waals surface area contributed by atoms with Gasteiger partial charge in [0.1, 0.15) is 15.3 Å². The van der Waals surface area contributed by atoms with Crippen LogP contribution in [0.1, 0.15) is 38.7 Å². The second kappa shape index (κ2) is 11.6. The highest BCUT2D eigenvalue weighted by atomic mass is 32.9. The molecule has 190 valence electrons. The fourth-order valence-corrected chi connectivity index (χ4v) is 6.41. The number of benzene rings is 3. The molecule has 10 heteroatoms. The summed E-state index contributed by atoms with van der Waals surface area (Å²) in [5, 5.41) is 1.77. The summed E-state index contributed by atoms with van der Waals surface area (Å²) >= 11 is 6.01. The van der Waals surface area contributed by atoms with Crippen LogP contribution in [0.25, 0.3) is 21.2 Å². The zero-order chi connectivity index (χ0) is 26.6. The summed E-state index contributed by atoms with van der Waals surface area (Å²) in [7, 11) is 3.18. The molecule has 0 aliphatic heterocycles. The molecule has 3 aromatic carbocycles. The Kier molecular flexibility index (Phi) is 8.53. The maximum atomic E-state index is 12.8. The lowest BCUT2D eigenvalue weighted by Gasteiger charge is -2.17. The molecule has 0 aliphatic rings. The van der Waals surface area contributed by atoms with Crippen LogP contribution in [0.3, 0.4) is 0 Å². The average molecular weight is 570 g/mol. The molecular weight excluding hydrogens is 547 g/mol. The van der Waals surface area contributed by atoms with Gasteiger partial charge in [0.15, 0.2) is 0 Å². The Hall–Kier alpha value is -2.92. The molecule has 0 bridgehead atoms. The van der Waals surface area contributed by atoms with E-state index in [0.29, 0.717) is 11.5 Å². The zero-order valence-electron chi connectivity index (χ0n) is 20.3. The van der Waals surface area contributed by atoms with Crippen molar-refractivity contribution in [2.75, 3.05) is 0 Å². The summed E-state index contributed by atoms with van der Waals surface area (Å²) in [5.41, 5.74) is 1.85. The van der Waals surface area contributed by atoms with Gasteiger partial charge in [0.05, 0.1) is 12.3 Å². The monoisotopic (exact) mass is 569 g/mol. The van der Waals surface area contributed by atoms with Crippen molar-refractivity contribution in [3.05, 3.63) is 81.0 Å². The van der Waals surface area contributed by atoms with E-state index < -0.39 is 16.6 Å². The summed E-state index contributed by atoms with van der Waals surface area (Å²) in [5.74, 6) is -0.378. The maximum Gasteiger partial charge on any atom is 0.318 e. The lowest BCUT2D eigenvalue weighted by molar-refractivity contribution is -0.136. The zero-order valence-corrected chi connectivity index (χ0v) is 23.5. The molecule has 0 fully saturated rings. The molecule has 1 heterocycles. The minimum atomic E-state index is -0.642. The molecule has 1 unspecified atom stereocenters. The summed E-state index contributed by atoms with van der Waals surface area (Å²) in [6.45, 7) is 5.32. The van der Waals surface area contributed by atoms with E-state index in [-0.39, 0.29) is 12.4 Å². The topological polar surface area (TPSA) is 82.0 Å². The number of nitrogens with zero attached hydrogens (tertiary/aromatic N) is 1. The van der Waals surface area contributed by atoms with E-state index in [9.17, 15) is 14.5 Å². The van der Waals surface area contributed by atoms with Crippen LogP contribution in [-0.4, -0.2) is 16.7 Å². The lowest BCUT2D eigenvalue weighted by Crippen LogP contribution is -2.22. The van der Waals surface area contributed by atoms with Gasteiger partial charge in [-0.1, -0.05) is 57.2 Å². The van der Waals surface area contributed by atoms with Crippen LogP contribution in [0.2, 0.25) is 0 Å². The van der Waals surface area contributed by atoms with Crippen LogP contribution in [-0.2, 0) is 9.59 Å². The van der Waals surface area contributed by atoms with Gasteiger partial charge in [-0.05, 0) is 85.1 Å². The van der Waals surface area contributed by atoms with Gasteiger partial charge in [-0.15, -0.1) is 4.91 Å². The predicted molar refractivity (Wildman–Crippen MR) is 154 cm³/mol. The molecule has 0 aliphatic carbocycles. The van der Waals surface area contributed by atoms with Crippen molar-refractivity contribution in [3.63, 3.8) is 0 Å². The second-order valence-corrected chi connectivity index (χ2v) is 13.4. The van der Waals surface area contributed by atoms with Gasteiger partial charge in [-0.2, -0.15) is 0 Å². The van der Waals surface area contributed by atoms with E-state index in [1.807, 2.05) is 42.5 Å². The maximum absolute atomic E-state index is 12.8. The normalized spacial score (nSPS) is 12.2. The van der Waals surface area contributed by atoms with Crippen LogP contribution in [0.5, 0.6) is 11.5 Å². The first-order valence-electron chi connectivity index (χ1n) is 11.3. The lowest BCUT2D eigenvalue weighted by atomic mass is 9.98. The summed E-state index contributed by atoms with van der Waals surface area (Å²) in [6, 6.07) is 20.3. The Morgan fingerprint density at radius 3 is 2.30 bits per heavy atom. The Bertz CT molecular complexity index is 1510. The van der Waals surface area contributed by atoms with E-state index in [1.54, 1.807) is 65.7 Å². The van der Waals surface area contributed by atoms with Crippen molar-refractivity contribution in [3.8, 4) is 21.9 Å². The van der Waals surface area contributed by atoms with Gasteiger partial charge in [-0.3, -0.25) is 9.59 Å². The van der Waals surface area contributed by atoms with Crippen LogP contribution >= 0.6 is 44.8 Å². The van der Waals surface area contributed by atoms with Crippen molar-refractivity contribution >= 4 is 67.6 Å². The number of carbonyl (C=O) groups is 2. The Morgan fingerprint density at radius 2 is 1.62 bits per heavy atom. The number of carbonyl (C=O) groups excluding carboxylic acids is 2. The first-order valence-corrected chi connectivity index (χ1v) is 14.6. The van der Waals surface area contributed by atoms with Gasteiger partial charge in [-0.25, -0.2) is 0 Å². The molecule has 0 amide bonds. The van der Waals surface area contributed by atoms with E-state index >= 15 is 0 Å². The van der Waals surface area contributed by atoms with E-state index in [1.165, 1.54) is 0 Å². The number of esters is 2. The molecule has 0 saturated carbocycles. The van der Waals surface area contributed by atoms with Gasteiger partial charge in [0.2, 0.25) is 0 Å². The SMILES string of the molecule is CC(C(=O)Oc1ccc(-c2cc(=S)ss2)cc1)c1ccc2cc(OC(=O)CC(C)(C)SN=O)ccc2c1. The smallest absolute Gasteiger partial charge is 0.318 e. The number of hydrogen-bond donors (Lipinski definition) is 0. The summed E-state index contributed by atoms with van der Waals surface area (Å²) in [6.07, 6.45) is 0.0483. The van der Waals surface area contributed by atoms with E-state index in [2.05, 4.69) is 4.58 Å². The van der Waals surface area contributed by atoms with Crippen LogP contribution < -0.4 is 9.47 Å². The average Bonchev–Trinajstić information content (AvgIpc) is 3.29. The highest BCUT2D eigenvalue weighted by Crippen LogP contribution is 2.32. The van der Waals surface area contributed by atoms with Crippen molar-refractivity contribution in [1.82, 2.24) is 0 Å². The molecule has 1 aromatic heterocycles. The van der Waals surface area contributed by atoms with Crippen molar-refractivity contribution in [2.24, 2.45) is 4.58 Å². The molecule has 0 spiro atoms. The number of rotatable bonds is 9. The molecule has 1 atom stereocenters. The Labute approximate surface area is 231 Å². The molecule has 0 N–H and O–H groups in total. The fraction of sp³-hybridized carbons (Fsp3) is 0.222.